The molecular weight excluding hydrogens is 196 g/mol. The van der Waals surface area contributed by atoms with Gasteiger partial charge in [-0.2, -0.15) is 0 Å². The van der Waals surface area contributed by atoms with Crippen LogP contribution in [-0.4, -0.2) is 19.1 Å². The largest absolute Gasteiger partial charge is 0.378 e. The van der Waals surface area contributed by atoms with Gasteiger partial charge in [0.15, 0.2) is 0 Å². The molecule has 0 aliphatic heterocycles. The Bertz CT molecular complexity index is 250. The summed E-state index contributed by atoms with van der Waals surface area (Å²) in [6.45, 7) is 3.72. The number of methoxy groups -OCH3 is 1. The van der Waals surface area contributed by atoms with Gasteiger partial charge in [-0.15, -0.1) is 11.3 Å². The van der Waals surface area contributed by atoms with E-state index in [9.17, 15) is 0 Å². The first-order chi connectivity index (χ1) is 6.81. The maximum absolute atomic E-state index is 5.08. The van der Waals surface area contributed by atoms with Gasteiger partial charge in [0.1, 0.15) is 5.01 Å². The van der Waals surface area contributed by atoms with Gasteiger partial charge in [-0.1, -0.05) is 13.3 Å². The van der Waals surface area contributed by atoms with Crippen LogP contribution in [0.1, 0.15) is 28.9 Å². The second-order valence-electron chi connectivity index (χ2n) is 3.19. The molecule has 0 amide bonds. The standard InChI is InChI=1S/C10H18N2OS/c1-4-5-8-9(6-11-2)14-10(12-8)7-13-3/h11H,4-7H2,1-3H3. The van der Waals surface area contributed by atoms with Gasteiger partial charge in [0.05, 0.1) is 12.3 Å². The maximum Gasteiger partial charge on any atom is 0.119 e. The van der Waals surface area contributed by atoms with E-state index < -0.39 is 0 Å². The van der Waals surface area contributed by atoms with Gasteiger partial charge >= 0.3 is 0 Å². The van der Waals surface area contributed by atoms with Crippen LogP contribution in [-0.2, 0) is 24.3 Å². The SMILES string of the molecule is CCCc1nc(COC)sc1CNC. The Kier molecular flexibility index (Phi) is 5.07. The van der Waals surface area contributed by atoms with E-state index in [1.165, 1.54) is 10.6 Å². The molecular formula is C10H18N2OS. The Labute approximate surface area is 89.5 Å². The lowest BCUT2D eigenvalue weighted by Crippen LogP contribution is -2.05. The number of nitrogens with zero attached hydrogens (tertiary/aromatic N) is 1. The fourth-order valence-corrected chi connectivity index (χ4v) is 2.45. The Balaban J connectivity index is 2.76. The third kappa shape index (κ3) is 3.04. The van der Waals surface area contributed by atoms with Crippen LogP contribution in [0.5, 0.6) is 0 Å². The van der Waals surface area contributed by atoms with Gasteiger partial charge in [-0.25, -0.2) is 4.98 Å². The van der Waals surface area contributed by atoms with Crippen molar-refractivity contribution in [2.75, 3.05) is 14.2 Å². The summed E-state index contributed by atoms with van der Waals surface area (Å²) < 4.78 is 5.08. The highest BCUT2D eigenvalue weighted by Crippen LogP contribution is 2.20. The van der Waals surface area contributed by atoms with Gasteiger partial charge in [-0.3, -0.25) is 0 Å². The summed E-state index contributed by atoms with van der Waals surface area (Å²) in [7, 11) is 3.67. The lowest BCUT2D eigenvalue weighted by molar-refractivity contribution is 0.184. The summed E-state index contributed by atoms with van der Waals surface area (Å²) in [6, 6.07) is 0. The molecule has 14 heavy (non-hydrogen) atoms. The van der Waals surface area contributed by atoms with Crippen molar-refractivity contribution in [1.82, 2.24) is 10.3 Å². The molecule has 0 unspecified atom stereocenters. The third-order valence-electron chi connectivity index (χ3n) is 1.91. The number of rotatable bonds is 6. The number of nitrogens with one attached hydrogen (secondary N) is 1. The Hall–Kier alpha value is -0.450. The summed E-state index contributed by atoms with van der Waals surface area (Å²) in [6.07, 6.45) is 2.21. The first kappa shape index (κ1) is 11.6. The molecule has 0 bridgehead atoms. The zero-order valence-electron chi connectivity index (χ0n) is 9.09. The Morgan fingerprint density at radius 1 is 1.50 bits per heavy atom. The predicted octanol–water partition coefficient (Wildman–Crippen LogP) is 1.96. The lowest BCUT2D eigenvalue weighted by Gasteiger charge is -1.98. The summed E-state index contributed by atoms with van der Waals surface area (Å²) in [4.78, 5) is 5.91. The van der Waals surface area contributed by atoms with E-state index in [1.54, 1.807) is 18.4 Å². The van der Waals surface area contributed by atoms with Gasteiger partial charge < -0.3 is 10.1 Å². The van der Waals surface area contributed by atoms with Gasteiger partial charge in [0.25, 0.3) is 0 Å². The van der Waals surface area contributed by atoms with Crippen molar-refractivity contribution in [3.8, 4) is 0 Å². The van der Waals surface area contributed by atoms with Crippen LogP contribution in [0.3, 0.4) is 0 Å². The van der Waals surface area contributed by atoms with Crippen molar-refractivity contribution in [2.24, 2.45) is 0 Å². The zero-order valence-corrected chi connectivity index (χ0v) is 9.91. The van der Waals surface area contributed by atoms with Gasteiger partial charge in [0.2, 0.25) is 0 Å². The van der Waals surface area contributed by atoms with Crippen LogP contribution < -0.4 is 5.32 Å². The molecule has 0 aromatic carbocycles. The van der Waals surface area contributed by atoms with Crippen molar-refractivity contribution in [3.63, 3.8) is 0 Å². The number of hydrogen-bond acceptors (Lipinski definition) is 4. The molecule has 80 valence electrons. The maximum atomic E-state index is 5.08. The third-order valence-corrected chi connectivity index (χ3v) is 2.99. The molecule has 0 aliphatic carbocycles. The predicted molar refractivity (Wildman–Crippen MR) is 59.6 cm³/mol. The molecule has 0 radical (unpaired) electrons. The number of aromatic nitrogens is 1. The van der Waals surface area contributed by atoms with Crippen LogP contribution in [0, 0.1) is 0 Å². The molecule has 1 aromatic rings. The monoisotopic (exact) mass is 214 g/mol. The topological polar surface area (TPSA) is 34.1 Å². The van der Waals surface area contributed by atoms with Crippen LogP contribution in [0.25, 0.3) is 0 Å². The first-order valence-corrected chi connectivity index (χ1v) is 5.74. The molecule has 0 saturated carbocycles. The second kappa shape index (κ2) is 6.11. The quantitative estimate of drug-likeness (QED) is 0.786. The lowest BCUT2D eigenvalue weighted by atomic mass is 10.2. The normalized spacial score (nSPS) is 10.8. The molecule has 0 atom stereocenters. The fourth-order valence-electron chi connectivity index (χ4n) is 1.35. The molecule has 1 heterocycles. The highest BCUT2D eigenvalue weighted by Gasteiger charge is 2.09. The number of thiazole rings is 1. The van der Waals surface area contributed by atoms with E-state index in [0.29, 0.717) is 6.61 Å². The molecule has 1 rings (SSSR count). The van der Waals surface area contributed by atoms with Crippen LogP contribution in [0.4, 0.5) is 0 Å². The summed E-state index contributed by atoms with van der Waals surface area (Å²) in [5, 5.41) is 4.25. The van der Waals surface area contributed by atoms with Crippen molar-refractivity contribution < 1.29 is 4.74 Å². The average Bonchev–Trinajstić information content (AvgIpc) is 2.50. The van der Waals surface area contributed by atoms with Crippen molar-refractivity contribution >= 4 is 11.3 Å². The summed E-state index contributed by atoms with van der Waals surface area (Å²) in [5.41, 5.74) is 1.24. The smallest absolute Gasteiger partial charge is 0.119 e. The zero-order chi connectivity index (χ0) is 10.4. The minimum Gasteiger partial charge on any atom is -0.378 e. The van der Waals surface area contributed by atoms with Crippen molar-refractivity contribution in [2.45, 2.75) is 32.9 Å². The molecule has 0 spiro atoms. The molecule has 4 heteroatoms. The molecule has 0 saturated heterocycles. The number of ether oxygens (including phenoxy) is 1. The highest BCUT2D eigenvalue weighted by molar-refractivity contribution is 7.11. The Morgan fingerprint density at radius 2 is 2.29 bits per heavy atom. The van der Waals surface area contributed by atoms with E-state index in [2.05, 4.69) is 17.2 Å². The molecule has 1 N–H and O–H groups in total. The first-order valence-electron chi connectivity index (χ1n) is 4.92. The fraction of sp³-hybridized carbons (Fsp3) is 0.700. The molecule has 3 nitrogen and oxygen atoms in total. The number of hydrogen-bond donors (Lipinski definition) is 1. The number of aryl methyl sites for hydroxylation is 1. The van der Waals surface area contributed by atoms with Crippen LogP contribution >= 0.6 is 11.3 Å². The molecule has 0 fully saturated rings. The van der Waals surface area contributed by atoms with Crippen LogP contribution in [0.2, 0.25) is 0 Å². The minimum absolute atomic E-state index is 0.630. The van der Waals surface area contributed by atoms with E-state index in [-0.39, 0.29) is 0 Å². The van der Waals surface area contributed by atoms with Gasteiger partial charge in [0, 0.05) is 18.5 Å². The van der Waals surface area contributed by atoms with Crippen LogP contribution in [0.15, 0.2) is 0 Å². The minimum atomic E-state index is 0.630. The van der Waals surface area contributed by atoms with E-state index in [0.717, 1.165) is 24.4 Å². The second-order valence-corrected chi connectivity index (χ2v) is 4.36. The average molecular weight is 214 g/mol. The summed E-state index contributed by atoms with van der Waals surface area (Å²) in [5.74, 6) is 0. The Morgan fingerprint density at radius 3 is 2.86 bits per heavy atom. The van der Waals surface area contributed by atoms with Crippen molar-refractivity contribution in [3.05, 3.63) is 15.6 Å². The molecule has 0 aliphatic rings. The summed E-state index contributed by atoms with van der Waals surface area (Å²) >= 11 is 1.75. The van der Waals surface area contributed by atoms with Gasteiger partial charge in [-0.05, 0) is 13.5 Å². The van der Waals surface area contributed by atoms with E-state index in [4.69, 9.17) is 4.74 Å². The van der Waals surface area contributed by atoms with E-state index >= 15 is 0 Å². The van der Waals surface area contributed by atoms with E-state index in [1.807, 2.05) is 7.05 Å². The van der Waals surface area contributed by atoms with Crippen molar-refractivity contribution in [1.29, 1.82) is 0 Å². The highest BCUT2D eigenvalue weighted by atomic mass is 32.1. The molecule has 1 aromatic heterocycles.